The number of nitrogens with one attached hydrogen (secondary N) is 1. The molecule has 1 N–H and O–H groups in total. The second-order valence-corrected chi connectivity index (χ2v) is 4.78. The second kappa shape index (κ2) is 9.23. The van der Waals surface area contributed by atoms with Gasteiger partial charge in [0.2, 0.25) is 0 Å². The Labute approximate surface area is 118 Å². The summed E-state index contributed by atoms with van der Waals surface area (Å²) in [6.45, 7) is 2.70. The van der Waals surface area contributed by atoms with E-state index in [2.05, 4.69) is 5.32 Å². The van der Waals surface area contributed by atoms with Crippen LogP contribution >= 0.6 is 11.6 Å². The van der Waals surface area contributed by atoms with Crippen molar-refractivity contribution < 1.29 is 13.5 Å². The van der Waals surface area contributed by atoms with Crippen LogP contribution in [0.2, 0.25) is 5.02 Å². The van der Waals surface area contributed by atoms with Crippen LogP contribution in [-0.4, -0.2) is 32.2 Å². The third-order valence-electron chi connectivity index (χ3n) is 2.72. The van der Waals surface area contributed by atoms with E-state index in [0.29, 0.717) is 18.1 Å². The lowest BCUT2D eigenvalue weighted by atomic mass is 10.0. The molecule has 0 amide bonds. The minimum Gasteiger partial charge on any atom is -0.375 e. The Morgan fingerprint density at radius 2 is 2.16 bits per heavy atom. The predicted molar refractivity (Wildman–Crippen MR) is 74.1 cm³/mol. The molecule has 2 nitrogen and oxygen atoms in total. The van der Waals surface area contributed by atoms with Crippen molar-refractivity contribution in [3.8, 4) is 0 Å². The Hall–Kier alpha value is -0.710. The number of alkyl halides is 2. The van der Waals surface area contributed by atoms with Crippen molar-refractivity contribution in [2.24, 2.45) is 0 Å². The van der Waals surface area contributed by atoms with Gasteiger partial charge in [-0.25, -0.2) is 8.78 Å². The van der Waals surface area contributed by atoms with E-state index in [1.807, 2.05) is 31.2 Å². The van der Waals surface area contributed by atoms with E-state index in [0.717, 1.165) is 18.5 Å². The lowest BCUT2D eigenvalue weighted by Crippen LogP contribution is -2.32. The van der Waals surface area contributed by atoms with Gasteiger partial charge in [0.15, 0.2) is 0 Å². The van der Waals surface area contributed by atoms with Crippen LogP contribution in [0.15, 0.2) is 24.3 Å². The smallest absolute Gasteiger partial charge is 0.261 e. The minimum atomic E-state index is -2.40. The average Bonchev–Trinajstić information content (AvgIpc) is 2.34. The molecule has 1 aromatic carbocycles. The van der Waals surface area contributed by atoms with Crippen molar-refractivity contribution in [2.75, 3.05) is 19.8 Å². The highest BCUT2D eigenvalue weighted by Crippen LogP contribution is 2.13. The van der Waals surface area contributed by atoms with Crippen LogP contribution in [0.3, 0.4) is 0 Å². The predicted octanol–water partition coefficient (Wildman–Crippen LogP) is 3.53. The summed E-state index contributed by atoms with van der Waals surface area (Å²) < 4.78 is 28.8. The van der Waals surface area contributed by atoms with Crippen LogP contribution in [0.1, 0.15) is 18.9 Å². The number of likely N-dealkylation sites (N-methyl/N-ethyl adjacent to an activating group) is 1. The summed E-state index contributed by atoms with van der Waals surface area (Å²) in [5, 5.41) is 4.04. The summed E-state index contributed by atoms with van der Waals surface area (Å²) >= 11 is 5.94. The molecule has 0 spiro atoms. The molecule has 0 aliphatic carbocycles. The van der Waals surface area contributed by atoms with Crippen molar-refractivity contribution in [1.29, 1.82) is 0 Å². The van der Waals surface area contributed by atoms with E-state index in [1.54, 1.807) is 0 Å². The molecule has 1 aromatic rings. The van der Waals surface area contributed by atoms with Gasteiger partial charge < -0.3 is 10.1 Å². The standard InChI is InChI=1S/C14H20ClF2NO/c1-2-18-13(6-7-19-10-14(16)17)9-11-4-3-5-12(15)8-11/h3-5,8,13-14,18H,2,6-7,9-10H2,1H3. The summed E-state index contributed by atoms with van der Waals surface area (Å²) in [5.41, 5.74) is 1.13. The van der Waals surface area contributed by atoms with Crippen LogP contribution in [0.4, 0.5) is 8.78 Å². The maximum Gasteiger partial charge on any atom is 0.261 e. The molecule has 1 atom stereocenters. The van der Waals surface area contributed by atoms with E-state index >= 15 is 0 Å². The maximum atomic E-state index is 11.9. The number of halogens is 3. The summed E-state index contributed by atoms with van der Waals surface area (Å²) in [5.74, 6) is 0. The Bertz CT molecular complexity index is 363. The average molecular weight is 292 g/mol. The van der Waals surface area contributed by atoms with Gasteiger partial charge in [0.25, 0.3) is 6.43 Å². The monoisotopic (exact) mass is 291 g/mol. The summed E-state index contributed by atoms with van der Waals surface area (Å²) in [4.78, 5) is 0. The van der Waals surface area contributed by atoms with E-state index in [1.165, 1.54) is 0 Å². The minimum absolute atomic E-state index is 0.209. The van der Waals surface area contributed by atoms with Gasteiger partial charge in [-0.3, -0.25) is 0 Å². The molecular weight excluding hydrogens is 272 g/mol. The van der Waals surface area contributed by atoms with Crippen molar-refractivity contribution in [1.82, 2.24) is 5.32 Å². The van der Waals surface area contributed by atoms with Gasteiger partial charge in [0.05, 0.1) is 0 Å². The highest BCUT2D eigenvalue weighted by molar-refractivity contribution is 6.30. The number of rotatable bonds is 9. The van der Waals surface area contributed by atoms with Crippen LogP contribution in [-0.2, 0) is 11.2 Å². The zero-order valence-corrected chi connectivity index (χ0v) is 11.8. The zero-order chi connectivity index (χ0) is 14.1. The molecule has 1 rings (SSSR count). The van der Waals surface area contributed by atoms with E-state index in [-0.39, 0.29) is 6.04 Å². The topological polar surface area (TPSA) is 21.3 Å². The Balaban J connectivity index is 2.39. The molecule has 0 saturated carbocycles. The first-order valence-electron chi connectivity index (χ1n) is 6.45. The fourth-order valence-corrected chi connectivity index (χ4v) is 2.12. The van der Waals surface area contributed by atoms with Gasteiger partial charge in [0, 0.05) is 17.7 Å². The molecule has 1 unspecified atom stereocenters. The van der Waals surface area contributed by atoms with Crippen molar-refractivity contribution in [2.45, 2.75) is 32.2 Å². The highest BCUT2D eigenvalue weighted by atomic mass is 35.5. The number of benzene rings is 1. The van der Waals surface area contributed by atoms with Crippen LogP contribution in [0.5, 0.6) is 0 Å². The van der Waals surface area contributed by atoms with Gasteiger partial charge >= 0.3 is 0 Å². The lowest BCUT2D eigenvalue weighted by molar-refractivity contribution is 0.0144. The SMILES string of the molecule is CCNC(CCOCC(F)F)Cc1cccc(Cl)c1. The zero-order valence-electron chi connectivity index (χ0n) is 11.0. The first kappa shape index (κ1) is 16.3. The Morgan fingerprint density at radius 3 is 2.79 bits per heavy atom. The molecule has 0 aliphatic rings. The summed E-state index contributed by atoms with van der Waals surface area (Å²) in [7, 11) is 0. The van der Waals surface area contributed by atoms with E-state index < -0.39 is 13.0 Å². The Kier molecular flexibility index (Phi) is 7.94. The normalized spacial score (nSPS) is 12.9. The van der Waals surface area contributed by atoms with Crippen LogP contribution < -0.4 is 5.32 Å². The van der Waals surface area contributed by atoms with Crippen LogP contribution in [0, 0.1) is 0 Å². The fourth-order valence-electron chi connectivity index (χ4n) is 1.91. The number of ether oxygens (including phenoxy) is 1. The third-order valence-corrected chi connectivity index (χ3v) is 2.95. The van der Waals surface area contributed by atoms with E-state index in [4.69, 9.17) is 16.3 Å². The molecule has 19 heavy (non-hydrogen) atoms. The number of hydrogen-bond acceptors (Lipinski definition) is 2. The van der Waals surface area contributed by atoms with Crippen molar-refractivity contribution >= 4 is 11.6 Å². The lowest BCUT2D eigenvalue weighted by Gasteiger charge is -2.18. The van der Waals surface area contributed by atoms with Gasteiger partial charge in [-0.2, -0.15) is 0 Å². The third kappa shape index (κ3) is 7.45. The molecule has 0 aliphatic heterocycles. The first-order valence-corrected chi connectivity index (χ1v) is 6.83. The molecule has 108 valence electrons. The largest absolute Gasteiger partial charge is 0.375 e. The maximum absolute atomic E-state index is 11.9. The second-order valence-electron chi connectivity index (χ2n) is 4.34. The molecule has 0 bridgehead atoms. The first-order chi connectivity index (χ1) is 9.11. The van der Waals surface area contributed by atoms with Gasteiger partial charge in [0.1, 0.15) is 6.61 Å². The molecule has 0 radical (unpaired) electrons. The number of hydrogen-bond donors (Lipinski definition) is 1. The molecule has 0 aromatic heterocycles. The van der Waals surface area contributed by atoms with Crippen molar-refractivity contribution in [3.63, 3.8) is 0 Å². The van der Waals surface area contributed by atoms with Crippen LogP contribution in [0.25, 0.3) is 0 Å². The summed E-state index contributed by atoms with van der Waals surface area (Å²) in [6.07, 6.45) is -0.884. The molecular formula is C14H20ClF2NO. The summed E-state index contributed by atoms with van der Waals surface area (Å²) in [6, 6.07) is 7.89. The molecule has 0 heterocycles. The quantitative estimate of drug-likeness (QED) is 0.703. The Morgan fingerprint density at radius 1 is 1.37 bits per heavy atom. The fraction of sp³-hybridized carbons (Fsp3) is 0.571. The van der Waals surface area contributed by atoms with Crippen molar-refractivity contribution in [3.05, 3.63) is 34.9 Å². The molecule has 0 fully saturated rings. The highest BCUT2D eigenvalue weighted by Gasteiger charge is 2.10. The van der Waals surface area contributed by atoms with E-state index in [9.17, 15) is 8.78 Å². The van der Waals surface area contributed by atoms with Gasteiger partial charge in [-0.1, -0.05) is 30.7 Å². The van der Waals surface area contributed by atoms with Gasteiger partial charge in [-0.05, 0) is 37.1 Å². The molecule has 5 heteroatoms. The molecule has 0 saturated heterocycles. The van der Waals surface area contributed by atoms with Gasteiger partial charge in [-0.15, -0.1) is 0 Å².